The minimum atomic E-state index is -3.53. The molecule has 0 amide bonds. The number of sulfonamides is 1. The molecule has 0 spiro atoms. The lowest BCUT2D eigenvalue weighted by molar-refractivity contribution is 0.162. The third kappa shape index (κ3) is 5.42. The monoisotopic (exact) mass is 285 g/mol. The minimum Gasteiger partial charge on any atom is -0.497 e. The lowest BCUT2D eigenvalue weighted by atomic mass is 10.3. The highest BCUT2D eigenvalue weighted by Crippen LogP contribution is 2.16. The first-order valence-electron chi connectivity index (χ1n) is 5.81. The van der Waals surface area contributed by atoms with E-state index in [2.05, 4.69) is 11.3 Å². The average molecular weight is 285 g/mol. The van der Waals surface area contributed by atoms with Crippen molar-refractivity contribution in [2.75, 3.05) is 26.9 Å². The summed E-state index contributed by atoms with van der Waals surface area (Å²) < 4.78 is 36.6. The number of benzene rings is 1. The summed E-state index contributed by atoms with van der Waals surface area (Å²) in [4.78, 5) is 0.173. The first kappa shape index (κ1) is 15.7. The second-order valence-corrected chi connectivity index (χ2v) is 5.85. The Labute approximate surface area is 114 Å². The van der Waals surface area contributed by atoms with E-state index in [4.69, 9.17) is 9.47 Å². The van der Waals surface area contributed by atoms with E-state index >= 15 is 0 Å². The van der Waals surface area contributed by atoms with E-state index in [1.54, 1.807) is 12.1 Å². The third-order valence-corrected chi connectivity index (χ3v) is 3.70. The van der Waals surface area contributed by atoms with Crippen LogP contribution in [0.1, 0.15) is 6.92 Å². The molecule has 0 fully saturated rings. The fraction of sp³-hybridized carbons (Fsp3) is 0.385. The second-order valence-electron chi connectivity index (χ2n) is 4.09. The van der Waals surface area contributed by atoms with Gasteiger partial charge in [-0.15, -0.1) is 0 Å². The van der Waals surface area contributed by atoms with E-state index in [0.717, 1.165) is 5.57 Å². The molecule has 5 nitrogen and oxygen atoms in total. The topological polar surface area (TPSA) is 64.6 Å². The van der Waals surface area contributed by atoms with Crippen molar-refractivity contribution in [2.24, 2.45) is 0 Å². The molecule has 106 valence electrons. The Hall–Kier alpha value is -1.37. The van der Waals surface area contributed by atoms with Crippen molar-refractivity contribution in [2.45, 2.75) is 11.8 Å². The van der Waals surface area contributed by atoms with E-state index in [1.807, 2.05) is 6.92 Å². The van der Waals surface area contributed by atoms with Crippen LogP contribution in [0.4, 0.5) is 0 Å². The Bertz CT molecular complexity index is 525. The van der Waals surface area contributed by atoms with Crippen molar-refractivity contribution in [1.82, 2.24) is 4.72 Å². The molecule has 1 N–H and O–H groups in total. The summed E-state index contributed by atoms with van der Waals surface area (Å²) in [7, 11) is -2.04. The van der Waals surface area contributed by atoms with Crippen molar-refractivity contribution in [3.05, 3.63) is 36.4 Å². The highest BCUT2D eigenvalue weighted by Gasteiger charge is 2.13. The van der Waals surface area contributed by atoms with Crippen LogP contribution >= 0.6 is 0 Å². The zero-order chi connectivity index (χ0) is 14.3. The van der Waals surface area contributed by atoms with E-state index in [0.29, 0.717) is 19.0 Å². The Morgan fingerprint density at radius 1 is 1.42 bits per heavy atom. The van der Waals surface area contributed by atoms with Crippen molar-refractivity contribution >= 4 is 10.0 Å². The van der Waals surface area contributed by atoms with E-state index in [-0.39, 0.29) is 11.4 Å². The van der Waals surface area contributed by atoms with Gasteiger partial charge in [0.25, 0.3) is 0 Å². The standard InChI is InChI=1S/C13H19NO4S/c1-11(2)10-18-8-7-14-19(15,16)13-6-4-5-12(9-13)17-3/h4-6,9,14H,1,7-8,10H2,2-3H3. The van der Waals surface area contributed by atoms with Crippen LogP contribution in [0.5, 0.6) is 5.75 Å². The molecule has 0 aliphatic rings. The summed E-state index contributed by atoms with van der Waals surface area (Å²) in [5.41, 5.74) is 0.899. The maximum atomic E-state index is 12.0. The second kappa shape index (κ2) is 7.28. The van der Waals surface area contributed by atoms with Crippen LogP contribution in [-0.4, -0.2) is 35.3 Å². The third-order valence-electron chi connectivity index (χ3n) is 2.24. The molecule has 1 aromatic rings. The van der Waals surface area contributed by atoms with Gasteiger partial charge in [-0.25, -0.2) is 13.1 Å². The van der Waals surface area contributed by atoms with Crippen LogP contribution in [0.2, 0.25) is 0 Å². The molecule has 1 rings (SSSR count). The lowest BCUT2D eigenvalue weighted by Gasteiger charge is -2.08. The Balaban J connectivity index is 2.53. The number of hydrogen-bond donors (Lipinski definition) is 1. The molecule has 0 aromatic heterocycles. The van der Waals surface area contributed by atoms with Gasteiger partial charge in [-0.2, -0.15) is 0 Å². The lowest BCUT2D eigenvalue weighted by Crippen LogP contribution is -2.27. The van der Waals surface area contributed by atoms with Gasteiger partial charge in [-0.3, -0.25) is 0 Å². The van der Waals surface area contributed by atoms with Crippen LogP contribution in [-0.2, 0) is 14.8 Å². The molecule has 0 saturated carbocycles. The largest absolute Gasteiger partial charge is 0.497 e. The zero-order valence-corrected chi connectivity index (χ0v) is 12.0. The molecule has 6 heteroatoms. The quantitative estimate of drug-likeness (QED) is 0.581. The summed E-state index contributed by atoms with van der Waals surface area (Å²) >= 11 is 0. The van der Waals surface area contributed by atoms with Crippen LogP contribution < -0.4 is 9.46 Å². The maximum absolute atomic E-state index is 12.0. The molecule has 0 aliphatic carbocycles. The Morgan fingerprint density at radius 2 is 2.16 bits per heavy atom. The average Bonchev–Trinajstić information content (AvgIpc) is 2.38. The fourth-order valence-electron chi connectivity index (χ4n) is 1.35. The number of nitrogens with one attached hydrogen (secondary N) is 1. The van der Waals surface area contributed by atoms with Crippen molar-refractivity contribution in [1.29, 1.82) is 0 Å². The number of methoxy groups -OCH3 is 1. The van der Waals surface area contributed by atoms with Crippen molar-refractivity contribution in [3.8, 4) is 5.75 Å². The first-order valence-corrected chi connectivity index (χ1v) is 7.30. The molecular weight excluding hydrogens is 266 g/mol. The number of rotatable bonds is 8. The number of ether oxygens (including phenoxy) is 2. The van der Waals surface area contributed by atoms with Gasteiger partial charge in [0, 0.05) is 12.6 Å². The smallest absolute Gasteiger partial charge is 0.240 e. The Morgan fingerprint density at radius 3 is 2.79 bits per heavy atom. The van der Waals surface area contributed by atoms with Gasteiger partial charge in [-0.1, -0.05) is 18.2 Å². The first-order chi connectivity index (χ1) is 8.95. The van der Waals surface area contributed by atoms with Gasteiger partial charge in [0.1, 0.15) is 5.75 Å². The van der Waals surface area contributed by atoms with Crippen LogP contribution in [0.15, 0.2) is 41.3 Å². The maximum Gasteiger partial charge on any atom is 0.240 e. The highest BCUT2D eigenvalue weighted by atomic mass is 32.2. The molecule has 0 bridgehead atoms. The van der Waals surface area contributed by atoms with Gasteiger partial charge >= 0.3 is 0 Å². The van der Waals surface area contributed by atoms with Crippen LogP contribution in [0.25, 0.3) is 0 Å². The summed E-state index contributed by atoms with van der Waals surface area (Å²) in [6.07, 6.45) is 0. The van der Waals surface area contributed by atoms with E-state index in [1.165, 1.54) is 19.2 Å². The van der Waals surface area contributed by atoms with Gasteiger partial charge in [0.2, 0.25) is 10.0 Å². The predicted molar refractivity (Wildman–Crippen MR) is 73.8 cm³/mol. The molecule has 19 heavy (non-hydrogen) atoms. The molecule has 0 radical (unpaired) electrons. The molecule has 0 heterocycles. The Kier molecular flexibility index (Phi) is 6.01. The summed E-state index contributed by atoms with van der Waals surface area (Å²) in [5, 5.41) is 0. The molecule has 0 atom stereocenters. The minimum absolute atomic E-state index is 0.173. The highest BCUT2D eigenvalue weighted by molar-refractivity contribution is 7.89. The van der Waals surface area contributed by atoms with Crippen LogP contribution in [0, 0.1) is 0 Å². The molecule has 0 saturated heterocycles. The fourth-order valence-corrected chi connectivity index (χ4v) is 2.39. The number of hydrogen-bond acceptors (Lipinski definition) is 4. The predicted octanol–water partition coefficient (Wildman–Crippen LogP) is 1.57. The van der Waals surface area contributed by atoms with E-state index in [9.17, 15) is 8.42 Å². The molecule has 1 aromatic carbocycles. The van der Waals surface area contributed by atoms with Gasteiger partial charge in [0.15, 0.2) is 0 Å². The summed E-state index contributed by atoms with van der Waals surface area (Å²) in [6.45, 7) is 6.49. The molecule has 0 unspecified atom stereocenters. The van der Waals surface area contributed by atoms with E-state index < -0.39 is 10.0 Å². The molecular formula is C13H19NO4S. The van der Waals surface area contributed by atoms with Crippen molar-refractivity contribution in [3.63, 3.8) is 0 Å². The SMILES string of the molecule is C=C(C)COCCNS(=O)(=O)c1cccc(OC)c1. The van der Waals surface area contributed by atoms with Crippen LogP contribution in [0.3, 0.4) is 0 Å². The van der Waals surface area contributed by atoms with Gasteiger partial charge in [-0.05, 0) is 19.1 Å². The molecule has 0 aliphatic heterocycles. The normalized spacial score (nSPS) is 11.3. The summed E-state index contributed by atoms with van der Waals surface area (Å²) in [5.74, 6) is 0.501. The zero-order valence-electron chi connectivity index (χ0n) is 11.2. The van der Waals surface area contributed by atoms with Gasteiger partial charge in [0.05, 0.1) is 25.2 Å². The summed E-state index contributed by atoms with van der Waals surface area (Å²) in [6, 6.07) is 6.30. The van der Waals surface area contributed by atoms with Gasteiger partial charge < -0.3 is 9.47 Å². The van der Waals surface area contributed by atoms with Crippen molar-refractivity contribution < 1.29 is 17.9 Å².